The first-order chi connectivity index (χ1) is 15.9. The van der Waals surface area contributed by atoms with E-state index in [0.29, 0.717) is 39.1 Å². The molecule has 0 unspecified atom stereocenters. The molecule has 0 bridgehead atoms. The molecule has 2 heterocycles. The number of nitrogens with zero attached hydrogens (tertiary/aromatic N) is 3. The van der Waals surface area contributed by atoms with Crippen LogP contribution in [0.4, 0.5) is 5.69 Å². The number of hydrogen-bond donors (Lipinski definition) is 1. The van der Waals surface area contributed by atoms with Gasteiger partial charge in [-0.05, 0) is 30.3 Å². The average molecular weight is 469 g/mol. The Morgan fingerprint density at radius 3 is 2.39 bits per heavy atom. The maximum absolute atomic E-state index is 13.1. The lowest BCUT2D eigenvalue weighted by Crippen LogP contribution is -2.22. The fraction of sp³-hybridized carbons (Fsp3) is 0.261. The molecule has 1 N–H and O–H groups in total. The average Bonchev–Trinajstić information content (AvgIpc) is 3.11. The van der Waals surface area contributed by atoms with Gasteiger partial charge in [0.15, 0.2) is 5.16 Å². The molecule has 0 saturated carbocycles. The number of aryl methyl sites for hydroxylation is 1. The zero-order valence-corrected chi connectivity index (χ0v) is 19.8. The molecular formula is C23H24N4O5S. The summed E-state index contributed by atoms with van der Waals surface area (Å²) in [6.07, 6.45) is 0. The maximum atomic E-state index is 13.1. The maximum Gasteiger partial charge on any atom is 0.278 e. The van der Waals surface area contributed by atoms with Crippen LogP contribution in [0.5, 0.6) is 17.2 Å². The van der Waals surface area contributed by atoms with Crippen LogP contribution in [-0.4, -0.2) is 47.1 Å². The number of carbonyl (C=O) groups is 1. The molecule has 0 atom stereocenters. The smallest absolute Gasteiger partial charge is 0.278 e. The topological polar surface area (TPSA) is 96.6 Å². The molecule has 4 rings (SSSR count). The molecule has 1 amide bonds. The number of nitrogens with one attached hydrogen (secondary N) is 1. The Kier molecular flexibility index (Phi) is 6.19. The lowest BCUT2D eigenvalue weighted by molar-refractivity contribution is -0.113. The molecule has 0 saturated heterocycles. The molecule has 0 radical (unpaired) electrons. The Balaban J connectivity index is 1.63. The Labute approximate surface area is 194 Å². The minimum atomic E-state index is -0.252. The van der Waals surface area contributed by atoms with Crippen LogP contribution in [0.15, 0.2) is 46.3 Å². The van der Waals surface area contributed by atoms with Gasteiger partial charge in [-0.2, -0.15) is 0 Å². The predicted molar refractivity (Wildman–Crippen MR) is 129 cm³/mol. The first-order valence-corrected chi connectivity index (χ1v) is 11.0. The zero-order valence-electron chi connectivity index (χ0n) is 19.0. The highest BCUT2D eigenvalue weighted by atomic mass is 32.2. The largest absolute Gasteiger partial charge is 0.497 e. The summed E-state index contributed by atoms with van der Waals surface area (Å²) >= 11 is 1.19. The van der Waals surface area contributed by atoms with Crippen molar-refractivity contribution in [3.05, 3.63) is 46.8 Å². The van der Waals surface area contributed by atoms with Gasteiger partial charge in [0.1, 0.15) is 28.3 Å². The number of thioether (sulfide) groups is 1. The number of fused-ring (bicyclic) bond motifs is 3. The number of benzene rings is 2. The second-order valence-corrected chi connectivity index (χ2v) is 8.24. The van der Waals surface area contributed by atoms with Crippen molar-refractivity contribution in [3.8, 4) is 17.2 Å². The number of rotatable bonds is 7. The predicted octanol–water partition coefficient (Wildman–Crippen LogP) is 3.18. The molecule has 33 heavy (non-hydrogen) atoms. The van der Waals surface area contributed by atoms with Crippen molar-refractivity contribution in [3.63, 3.8) is 0 Å². The van der Waals surface area contributed by atoms with Gasteiger partial charge < -0.3 is 24.1 Å². The van der Waals surface area contributed by atoms with E-state index >= 15 is 0 Å². The van der Waals surface area contributed by atoms with Crippen molar-refractivity contribution in [2.75, 3.05) is 32.4 Å². The molecule has 0 aliphatic carbocycles. The second kappa shape index (κ2) is 9.07. The summed E-state index contributed by atoms with van der Waals surface area (Å²) in [6.45, 7) is 0. The van der Waals surface area contributed by atoms with Crippen LogP contribution >= 0.6 is 11.8 Å². The number of aromatic nitrogens is 3. The molecule has 4 aromatic rings. The van der Waals surface area contributed by atoms with Crippen LogP contribution in [0, 0.1) is 0 Å². The van der Waals surface area contributed by atoms with E-state index in [9.17, 15) is 9.59 Å². The van der Waals surface area contributed by atoms with Gasteiger partial charge in [-0.3, -0.25) is 14.2 Å². The molecule has 0 aliphatic rings. The zero-order chi connectivity index (χ0) is 23.7. The van der Waals surface area contributed by atoms with Crippen molar-refractivity contribution >= 4 is 45.3 Å². The van der Waals surface area contributed by atoms with Gasteiger partial charge in [-0.15, -0.1) is 0 Å². The molecule has 2 aromatic carbocycles. The Morgan fingerprint density at radius 2 is 1.70 bits per heavy atom. The third-order valence-electron chi connectivity index (χ3n) is 5.40. The van der Waals surface area contributed by atoms with Crippen molar-refractivity contribution in [2.45, 2.75) is 5.16 Å². The van der Waals surface area contributed by atoms with E-state index in [2.05, 4.69) is 5.32 Å². The summed E-state index contributed by atoms with van der Waals surface area (Å²) in [5, 5.41) is 4.09. The molecular weight excluding hydrogens is 444 g/mol. The third-order valence-corrected chi connectivity index (χ3v) is 6.43. The lowest BCUT2D eigenvalue weighted by Gasteiger charge is -2.12. The van der Waals surface area contributed by atoms with Gasteiger partial charge in [-0.25, -0.2) is 4.98 Å². The number of methoxy groups -OCH3 is 3. The fourth-order valence-electron chi connectivity index (χ4n) is 3.65. The third kappa shape index (κ3) is 4.09. The monoisotopic (exact) mass is 468 g/mol. The first kappa shape index (κ1) is 22.5. The molecule has 0 spiro atoms. The highest BCUT2D eigenvalue weighted by molar-refractivity contribution is 7.99. The molecule has 0 fully saturated rings. The number of hydrogen-bond acceptors (Lipinski definition) is 7. The van der Waals surface area contributed by atoms with Crippen LogP contribution in [-0.2, 0) is 18.9 Å². The van der Waals surface area contributed by atoms with Crippen LogP contribution in [0.25, 0.3) is 21.9 Å². The molecule has 0 aliphatic heterocycles. The number of carbonyl (C=O) groups excluding carboxylic acids is 1. The molecule has 172 valence electrons. The van der Waals surface area contributed by atoms with Gasteiger partial charge in [0.05, 0.1) is 38.3 Å². The molecule has 10 heteroatoms. The number of ether oxygens (including phenoxy) is 3. The van der Waals surface area contributed by atoms with Crippen LogP contribution in [0.1, 0.15) is 0 Å². The summed E-state index contributed by atoms with van der Waals surface area (Å²) in [5.41, 5.74) is 2.30. The van der Waals surface area contributed by atoms with Gasteiger partial charge in [0.25, 0.3) is 5.56 Å². The Hall–Kier alpha value is -3.66. The van der Waals surface area contributed by atoms with Crippen LogP contribution < -0.4 is 25.1 Å². The standard InChI is InChI=1S/C23H24N4O5S/c1-26-17-9-7-13(30-3)10-15(17)20-21(26)22(29)27(2)23(25-20)33-12-19(28)24-16-8-6-14(31-4)11-18(16)32-5/h6-11H,12H2,1-5H3,(H,24,28). The quantitative estimate of drug-likeness (QED) is 0.329. The first-order valence-electron chi connectivity index (χ1n) is 10.1. The van der Waals surface area contributed by atoms with E-state index in [1.807, 2.05) is 29.8 Å². The Morgan fingerprint density at radius 1 is 1.00 bits per heavy atom. The van der Waals surface area contributed by atoms with Gasteiger partial charge in [0, 0.05) is 25.5 Å². The SMILES string of the molecule is COc1ccc(NC(=O)CSc2nc3c4cc(OC)ccc4n(C)c3c(=O)n2C)c(OC)c1. The van der Waals surface area contributed by atoms with Crippen molar-refractivity contribution in [2.24, 2.45) is 14.1 Å². The van der Waals surface area contributed by atoms with E-state index in [0.717, 1.165) is 10.9 Å². The number of amides is 1. The Bertz CT molecular complexity index is 1430. The van der Waals surface area contributed by atoms with Crippen molar-refractivity contribution in [1.29, 1.82) is 0 Å². The van der Waals surface area contributed by atoms with E-state index in [-0.39, 0.29) is 17.2 Å². The van der Waals surface area contributed by atoms with Gasteiger partial charge in [0.2, 0.25) is 5.91 Å². The summed E-state index contributed by atoms with van der Waals surface area (Å²) in [5.74, 6) is 1.61. The van der Waals surface area contributed by atoms with E-state index in [4.69, 9.17) is 19.2 Å². The van der Waals surface area contributed by atoms with E-state index in [1.165, 1.54) is 23.4 Å². The van der Waals surface area contributed by atoms with E-state index < -0.39 is 0 Å². The van der Waals surface area contributed by atoms with Crippen molar-refractivity contribution in [1.82, 2.24) is 14.1 Å². The summed E-state index contributed by atoms with van der Waals surface area (Å²) in [4.78, 5) is 30.4. The summed E-state index contributed by atoms with van der Waals surface area (Å²) < 4.78 is 19.1. The molecule has 2 aromatic heterocycles. The minimum Gasteiger partial charge on any atom is -0.497 e. The van der Waals surface area contributed by atoms with E-state index in [1.54, 1.807) is 39.5 Å². The van der Waals surface area contributed by atoms with Gasteiger partial charge >= 0.3 is 0 Å². The highest BCUT2D eigenvalue weighted by Gasteiger charge is 2.18. The fourth-order valence-corrected chi connectivity index (χ4v) is 4.42. The second-order valence-electron chi connectivity index (χ2n) is 7.30. The highest BCUT2D eigenvalue weighted by Crippen LogP contribution is 2.31. The van der Waals surface area contributed by atoms with Gasteiger partial charge in [-0.1, -0.05) is 11.8 Å². The minimum absolute atomic E-state index is 0.0645. The summed E-state index contributed by atoms with van der Waals surface area (Å²) in [7, 11) is 8.16. The van der Waals surface area contributed by atoms with Crippen LogP contribution in [0.3, 0.4) is 0 Å². The number of anilines is 1. The van der Waals surface area contributed by atoms with Crippen LogP contribution in [0.2, 0.25) is 0 Å². The normalized spacial score (nSPS) is 11.1. The summed E-state index contributed by atoms with van der Waals surface area (Å²) in [6, 6.07) is 10.7. The van der Waals surface area contributed by atoms with Crippen molar-refractivity contribution < 1.29 is 19.0 Å². The molecule has 9 nitrogen and oxygen atoms in total. The lowest BCUT2D eigenvalue weighted by atomic mass is 10.2.